The first kappa shape index (κ1) is 19.3. The quantitative estimate of drug-likeness (QED) is 0.786. The maximum atomic E-state index is 12.7. The van der Waals surface area contributed by atoms with Crippen molar-refractivity contribution in [3.05, 3.63) is 29.8 Å². The minimum absolute atomic E-state index is 0.105. The van der Waals surface area contributed by atoms with E-state index in [0.717, 1.165) is 25.1 Å². The van der Waals surface area contributed by atoms with E-state index in [1.807, 2.05) is 35.9 Å². The Kier molecular flexibility index (Phi) is 5.96. The smallest absolute Gasteiger partial charge is 0.243 e. The van der Waals surface area contributed by atoms with Gasteiger partial charge in [0.25, 0.3) is 0 Å². The Hall–Kier alpha value is -1.48. The molecular formula is C18H28N4O3S. The standard InChI is InChI=1S/C18H28N4O3S/c1-15-3-5-17(6-4-15)26(24,25)22-11-9-21(10-12-22)14-18(23)20(2)16-7-8-19-13-16/h3-6,16,19H,7-14H2,1-2H3. The lowest BCUT2D eigenvalue weighted by Crippen LogP contribution is -2.52. The third-order valence-corrected chi connectivity index (χ3v) is 7.24. The SMILES string of the molecule is Cc1ccc(S(=O)(=O)N2CCN(CC(=O)N(C)C3CCNC3)CC2)cc1. The molecule has 7 nitrogen and oxygen atoms in total. The molecule has 3 rings (SSSR count). The fraction of sp³-hybridized carbons (Fsp3) is 0.611. The summed E-state index contributed by atoms with van der Waals surface area (Å²) in [6.07, 6.45) is 0.991. The van der Waals surface area contributed by atoms with Crippen LogP contribution in [0, 0.1) is 6.92 Å². The molecule has 1 amide bonds. The second-order valence-corrected chi connectivity index (χ2v) is 9.08. The van der Waals surface area contributed by atoms with E-state index >= 15 is 0 Å². The normalized spacial score (nSPS) is 22.5. The van der Waals surface area contributed by atoms with Gasteiger partial charge in [0.05, 0.1) is 11.4 Å². The molecule has 2 fully saturated rings. The number of hydrogen-bond acceptors (Lipinski definition) is 5. The molecule has 0 aliphatic carbocycles. The van der Waals surface area contributed by atoms with Gasteiger partial charge < -0.3 is 10.2 Å². The zero-order valence-corrected chi connectivity index (χ0v) is 16.3. The molecule has 1 N–H and O–H groups in total. The van der Waals surface area contributed by atoms with E-state index in [1.54, 1.807) is 12.1 Å². The Morgan fingerprint density at radius 2 is 1.85 bits per heavy atom. The predicted molar refractivity (Wildman–Crippen MR) is 100 cm³/mol. The van der Waals surface area contributed by atoms with Gasteiger partial charge >= 0.3 is 0 Å². The van der Waals surface area contributed by atoms with Gasteiger partial charge in [-0.25, -0.2) is 8.42 Å². The summed E-state index contributed by atoms with van der Waals surface area (Å²) >= 11 is 0. The Morgan fingerprint density at radius 3 is 2.42 bits per heavy atom. The van der Waals surface area contributed by atoms with Gasteiger partial charge in [-0.1, -0.05) is 17.7 Å². The molecule has 2 heterocycles. The fourth-order valence-electron chi connectivity index (χ4n) is 3.46. The highest BCUT2D eigenvalue weighted by atomic mass is 32.2. The number of carbonyl (C=O) groups is 1. The Labute approximate surface area is 156 Å². The van der Waals surface area contributed by atoms with Crippen molar-refractivity contribution in [1.29, 1.82) is 0 Å². The van der Waals surface area contributed by atoms with Crippen LogP contribution in [0.2, 0.25) is 0 Å². The van der Waals surface area contributed by atoms with Crippen molar-refractivity contribution < 1.29 is 13.2 Å². The van der Waals surface area contributed by atoms with Gasteiger partial charge in [0.2, 0.25) is 15.9 Å². The van der Waals surface area contributed by atoms with Crippen LogP contribution < -0.4 is 5.32 Å². The number of benzene rings is 1. The molecule has 1 aromatic carbocycles. The molecule has 8 heteroatoms. The van der Waals surface area contributed by atoms with Crippen LogP contribution in [-0.2, 0) is 14.8 Å². The van der Waals surface area contributed by atoms with E-state index in [0.29, 0.717) is 37.6 Å². The average molecular weight is 381 g/mol. The van der Waals surface area contributed by atoms with E-state index in [4.69, 9.17) is 0 Å². The lowest BCUT2D eigenvalue weighted by Gasteiger charge is -2.35. The average Bonchev–Trinajstić information content (AvgIpc) is 3.16. The van der Waals surface area contributed by atoms with Crippen molar-refractivity contribution >= 4 is 15.9 Å². The first-order valence-corrected chi connectivity index (χ1v) is 10.6. The van der Waals surface area contributed by atoms with Crippen molar-refractivity contribution in [1.82, 2.24) is 19.4 Å². The molecule has 0 bridgehead atoms. The van der Waals surface area contributed by atoms with Crippen LogP contribution in [0.1, 0.15) is 12.0 Å². The zero-order valence-electron chi connectivity index (χ0n) is 15.5. The van der Waals surface area contributed by atoms with Crippen LogP contribution in [0.4, 0.5) is 0 Å². The van der Waals surface area contributed by atoms with Crippen LogP contribution in [0.15, 0.2) is 29.2 Å². The Bertz CT molecular complexity index is 721. The molecule has 0 spiro atoms. The van der Waals surface area contributed by atoms with E-state index in [9.17, 15) is 13.2 Å². The summed E-state index contributed by atoms with van der Waals surface area (Å²) in [5, 5.41) is 3.27. The van der Waals surface area contributed by atoms with E-state index in [2.05, 4.69) is 5.32 Å². The largest absolute Gasteiger partial charge is 0.340 e. The van der Waals surface area contributed by atoms with Gasteiger partial charge in [0.15, 0.2) is 0 Å². The second kappa shape index (κ2) is 8.04. The highest BCUT2D eigenvalue weighted by Crippen LogP contribution is 2.18. The second-order valence-electron chi connectivity index (χ2n) is 7.14. The number of hydrogen-bond donors (Lipinski definition) is 1. The Morgan fingerprint density at radius 1 is 1.19 bits per heavy atom. The summed E-state index contributed by atoms with van der Waals surface area (Å²) in [7, 11) is -1.60. The first-order chi connectivity index (χ1) is 12.4. The number of piperazine rings is 1. The number of nitrogens with zero attached hydrogens (tertiary/aromatic N) is 3. The fourth-order valence-corrected chi connectivity index (χ4v) is 4.89. The summed E-state index contributed by atoms with van der Waals surface area (Å²) in [5.74, 6) is 0.105. The van der Waals surface area contributed by atoms with Crippen LogP contribution >= 0.6 is 0 Å². The molecule has 0 radical (unpaired) electrons. The van der Waals surface area contributed by atoms with Crippen LogP contribution in [0.5, 0.6) is 0 Å². The number of aryl methyl sites for hydroxylation is 1. The highest BCUT2D eigenvalue weighted by molar-refractivity contribution is 7.89. The molecule has 1 atom stereocenters. The van der Waals surface area contributed by atoms with E-state index in [1.165, 1.54) is 4.31 Å². The molecule has 144 valence electrons. The summed E-state index contributed by atoms with van der Waals surface area (Å²) < 4.78 is 27.0. The number of amides is 1. The molecule has 0 aromatic heterocycles. The van der Waals surface area contributed by atoms with E-state index < -0.39 is 10.0 Å². The topological polar surface area (TPSA) is 73.0 Å². The molecule has 2 aliphatic heterocycles. The number of carbonyl (C=O) groups excluding carboxylic acids is 1. The van der Waals surface area contributed by atoms with Crippen LogP contribution in [0.3, 0.4) is 0 Å². The van der Waals surface area contributed by atoms with Crippen molar-refractivity contribution in [3.8, 4) is 0 Å². The van der Waals surface area contributed by atoms with Crippen molar-refractivity contribution in [2.45, 2.75) is 24.3 Å². The third-order valence-electron chi connectivity index (χ3n) is 5.32. The minimum Gasteiger partial charge on any atom is -0.340 e. The Balaban J connectivity index is 1.53. The number of likely N-dealkylation sites (N-methyl/N-ethyl adjacent to an activating group) is 1. The number of sulfonamides is 1. The molecule has 2 aliphatic rings. The minimum atomic E-state index is -3.46. The zero-order chi connectivity index (χ0) is 18.7. The van der Waals surface area contributed by atoms with Crippen molar-refractivity contribution in [3.63, 3.8) is 0 Å². The monoisotopic (exact) mass is 380 g/mol. The maximum absolute atomic E-state index is 12.7. The molecule has 2 saturated heterocycles. The van der Waals surface area contributed by atoms with Crippen molar-refractivity contribution in [2.75, 3.05) is 52.9 Å². The predicted octanol–water partition coefficient (Wildman–Crippen LogP) is 0.122. The van der Waals surface area contributed by atoms with E-state index in [-0.39, 0.29) is 11.9 Å². The maximum Gasteiger partial charge on any atom is 0.243 e. The third kappa shape index (κ3) is 4.25. The highest BCUT2D eigenvalue weighted by Gasteiger charge is 2.30. The van der Waals surface area contributed by atoms with Gasteiger partial charge in [-0.05, 0) is 32.0 Å². The summed E-state index contributed by atoms with van der Waals surface area (Å²) in [6.45, 7) is 6.08. The van der Waals surface area contributed by atoms with Crippen LogP contribution in [-0.4, -0.2) is 87.3 Å². The summed E-state index contributed by atoms with van der Waals surface area (Å²) in [5.41, 5.74) is 1.04. The molecule has 26 heavy (non-hydrogen) atoms. The van der Waals surface area contributed by atoms with Gasteiger partial charge in [0.1, 0.15) is 0 Å². The van der Waals surface area contributed by atoms with Gasteiger partial charge in [-0.2, -0.15) is 4.31 Å². The lowest BCUT2D eigenvalue weighted by atomic mass is 10.2. The van der Waals surface area contributed by atoms with Gasteiger partial charge in [0, 0.05) is 45.8 Å². The molecule has 1 unspecified atom stereocenters. The lowest BCUT2D eigenvalue weighted by molar-refractivity contribution is -0.133. The number of nitrogens with one attached hydrogen (secondary N) is 1. The number of rotatable bonds is 5. The molecule has 1 aromatic rings. The first-order valence-electron chi connectivity index (χ1n) is 9.13. The van der Waals surface area contributed by atoms with Gasteiger partial charge in [-0.15, -0.1) is 0 Å². The van der Waals surface area contributed by atoms with Crippen molar-refractivity contribution in [2.24, 2.45) is 0 Å². The molecule has 0 saturated carbocycles. The molecular weight excluding hydrogens is 352 g/mol. The summed E-state index contributed by atoms with van der Waals surface area (Å²) in [4.78, 5) is 16.7. The summed E-state index contributed by atoms with van der Waals surface area (Å²) in [6, 6.07) is 7.21. The van der Waals surface area contributed by atoms with Gasteiger partial charge in [-0.3, -0.25) is 9.69 Å². The van der Waals surface area contributed by atoms with Crippen LogP contribution in [0.25, 0.3) is 0 Å².